The van der Waals surface area contributed by atoms with E-state index in [0.29, 0.717) is 22.5 Å². The van der Waals surface area contributed by atoms with Crippen molar-refractivity contribution in [2.75, 3.05) is 13.7 Å². The van der Waals surface area contributed by atoms with Crippen molar-refractivity contribution in [3.63, 3.8) is 0 Å². The van der Waals surface area contributed by atoms with Crippen molar-refractivity contribution >= 4 is 35.6 Å². The van der Waals surface area contributed by atoms with Gasteiger partial charge in [0.1, 0.15) is 11.6 Å². The van der Waals surface area contributed by atoms with Gasteiger partial charge < -0.3 is 4.74 Å². The largest absolute Gasteiger partial charge is 0.494 e. The van der Waals surface area contributed by atoms with E-state index < -0.39 is 0 Å². The molecule has 0 amide bonds. The van der Waals surface area contributed by atoms with Crippen LogP contribution in [0.2, 0.25) is 5.02 Å². The van der Waals surface area contributed by atoms with Gasteiger partial charge in [-0.3, -0.25) is 10.4 Å². The molecular weight excluding hydrogens is 321 g/mol. The van der Waals surface area contributed by atoms with Gasteiger partial charge in [-0.2, -0.15) is 5.10 Å². The molecule has 2 aliphatic rings. The van der Waals surface area contributed by atoms with Crippen LogP contribution in [0.5, 0.6) is 5.75 Å². The SMILES string of the molecule is COc1c(Cl)cccc1C1=NN(C(=N)CC2CC2)CC1C.Cl. The van der Waals surface area contributed by atoms with E-state index in [1.807, 2.05) is 23.2 Å². The third-order valence-electron chi connectivity index (χ3n) is 4.08. The fourth-order valence-corrected chi connectivity index (χ4v) is 2.98. The van der Waals surface area contributed by atoms with Crippen molar-refractivity contribution in [1.82, 2.24) is 5.01 Å². The molecule has 1 aliphatic heterocycles. The summed E-state index contributed by atoms with van der Waals surface area (Å²) in [6, 6.07) is 5.71. The van der Waals surface area contributed by atoms with Gasteiger partial charge in [-0.05, 0) is 30.9 Å². The summed E-state index contributed by atoms with van der Waals surface area (Å²) in [4.78, 5) is 0. The van der Waals surface area contributed by atoms with Gasteiger partial charge >= 0.3 is 0 Å². The van der Waals surface area contributed by atoms with E-state index in [4.69, 9.17) is 21.7 Å². The molecule has 0 spiro atoms. The number of nitrogens with one attached hydrogen (secondary N) is 1. The summed E-state index contributed by atoms with van der Waals surface area (Å²) in [5.74, 6) is 2.25. The topological polar surface area (TPSA) is 48.7 Å². The molecular formula is C16H21Cl2N3O. The van der Waals surface area contributed by atoms with Crippen LogP contribution >= 0.6 is 24.0 Å². The zero-order chi connectivity index (χ0) is 15.0. The van der Waals surface area contributed by atoms with Crippen molar-refractivity contribution in [2.45, 2.75) is 26.2 Å². The molecule has 1 saturated carbocycles. The second-order valence-electron chi connectivity index (χ2n) is 5.88. The summed E-state index contributed by atoms with van der Waals surface area (Å²) in [7, 11) is 1.62. The Balaban J connectivity index is 0.00000176. The second kappa shape index (κ2) is 6.88. The van der Waals surface area contributed by atoms with E-state index in [0.717, 1.165) is 24.2 Å². The summed E-state index contributed by atoms with van der Waals surface area (Å²) in [6.45, 7) is 2.89. The third kappa shape index (κ3) is 3.39. The van der Waals surface area contributed by atoms with Gasteiger partial charge in [-0.1, -0.05) is 24.6 Å². The van der Waals surface area contributed by atoms with Gasteiger partial charge in [-0.15, -0.1) is 12.4 Å². The highest BCUT2D eigenvalue weighted by Gasteiger charge is 2.31. The predicted molar refractivity (Wildman–Crippen MR) is 92.7 cm³/mol. The van der Waals surface area contributed by atoms with Crippen molar-refractivity contribution in [2.24, 2.45) is 16.9 Å². The molecule has 1 atom stereocenters. The van der Waals surface area contributed by atoms with Crippen molar-refractivity contribution in [1.29, 1.82) is 5.41 Å². The van der Waals surface area contributed by atoms with Gasteiger partial charge in [0, 0.05) is 17.9 Å². The molecule has 1 aliphatic carbocycles. The molecule has 1 unspecified atom stereocenters. The van der Waals surface area contributed by atoms with Crippen LogP contribution < -0.4 is 4.74 Å². The zero-order valence-electron chi connectivity index (χ0n) is 12.8. The van der Waals surface area contributed by atoms with Crippen LogP contribution in [-0.2, 0) is 0 Å². The summed E-state index contributed by atoms with van der Waals surface area (Å²) >= 11 is 6.20. The lowest BCUT2D eigenvalue weighted by molar-refractivity contribution is 0.414. The molecule has 0 aromatic heterocycles. The van der Waals surface area contributed by atoms with Gasteiger partial charge in [0.05, 0.1) is 24.4 Å². The lowest BCUT2D eigenvalue weighted by Crippen LogP contribution is -2.25. The van der Waals surface area contributed by atoms with E-state index in [2.05, 4.69) is 12.0 Å². The van der Waals surface area contributed by atoms with Crippen molar-refractivity contribution in [3.05, 3.63) is 28.8 Å². The van der Waals surface area contributed by atoms with Crippen LogP contribution in [0, 0.1) is 17.2 Å². The van der Waals surface area contributed by atoms with Gasteiger partial charge in [-0.25, -0.2) is 0 Å². The minimum absolute atomic E-state index is 0. The smallest absolute Gasteiger partial charge is 0.146 e. The van der Waals surface area contributed by atoms with E-state index in [9.17, 15) is 0 Å². The number of halogens is 2. The zero-order valence-corrected chi connectivity index (χ0v) is 14.4. The quantitative estimate of drug-likeness (QED) is 0.658. The molecule has 1 aromatic rings. The molecule has 6 heteroatoms. The predicted octanol–water partition coefficient (Wildman–Crippen LogP) is 4.20. The number of hydrogen-bond acceptors (Lipinski definition) is 3. The molecule has 0 saturated heterocycles. The number of nitrogens with zero attached hydrogens (tertiary/aromatic N) is 2. The maximum Gasteiger partial charge on any atom is 0.146 e. The molecule has 1 N–H and O–H groups in total. The Morgan fingerprint density at radius 1 is 1.45 bits per heavy atom. The first kappa shape index (κ1) is 17.1. The molecule has 0 radical (unpaired) electrons. The Bertz CT molecular complexity index is 599. The van der Waals surface area contributed by atoms with E-state index in [1.54, 1.807) is 7.11 Å². The fraction of sp³-hybridized carbons (Fsp3) is 0.500. The number of para-hydroxylation sites is 1. The maximum absolute atomic E-state index is 8.20. The first-order valence-corrected chi connectivity index (χ1v) is 7.74. The average Bonchev–Trinajstić information content (AvgIpc) is 3.18. The molecule has 1 heterocycles. The number of ether oxygens (including phenoxy) is 1. The summed E-state index contributed by atoms with van der Waals surface area (Å²) in [6.07, 6.45) is 3.35. The number of methoxy groups -OCH3 is 1. The molecule has 1 fully saturated rings. The summed E-state index contributed by atoms with van der Waals surface area (Å²) < 4.78 is 5.42. The third-order valence-corrected chi connectivity index (χ3v) is 4.38. The fourth-order valence-electron chi connectivity index (χ4n) is 2.72. The normalized spacial score (nSPS) is 20.4. The highest BCUT2D eigenvalue weighted by atomic mass is 35.5. The van der Waals surface area contributed by atoms with E-state index >= 15 is 0 Å². The lowest BCUT2D eigenvalue weighted by atomic mass is 9.98. The van der Waals surface area contributed by atoms with E-state index in [-0.39, 0.29) is 18.3 Å². The summed E-state index contributed by atoms with van der Waals surface area (Å²) in [5.41, 5.74) is 1.88. The number of rotatable bonds is 4. The first-order valence-electron chi connectivity index (χ1n) is 7.36. The number of amidine groups is 1. The Morgan fingerprint density at radius 3 is 2.82 bits per heavy atom. The molecule has 4 nitrogen and oxygen atoms in total. The Labute approximate surface area is 142 Å². The monoisotopic (exact) mass is 341 g/mol. The van der Waals surface area contributed by atoms with Gasteiger partial charge in [0.15, 0.2) is 0 Å². The van der Waals surface area contributed by atoms with Crippen LogP contribution in [0.4, 0.5) is 0 Å². The van der Waals surface area contributed by atoms with Gasteiger partial charge in [0.2, 0.25) is 0 Å². The molecule has 3 rings (SSSR count). The Kier molecular flexibility index (Phi) is 5.35. The standard InChI is InChI=1S/C16H20ClN3O.ClH/c1-10-9-20(14(18)8-11-6-7-11)19-15(10)12-4-3-5-13(17)16(12)21-2;/h3-5,10-11,18H,6-9H2,1-2H3;1H. The minimum atomic E-state index is 0. The minimum Gasteiger partial charge on any atom is -0.494 e. The van der Waals surface area contributed by atoms with Crippen LogP contribution in [0.3, 0.4) is 0 Å². The first-order chi connectivity index (χ1) is 10.1. The van der Waals surface area contributed by atoms with Gasteiger partial charge in [0.25, 0.3) is 0 Å². The van der Waals surface area contributed by atoms with Crippen molar-refractivity contribution < 1.29 is 4.74 Å². The summed E-state index contributed by atoms with van der Waals surface area (Å²) in [5, 5.41) is 15.3. The van der Waals surface area contributed by atoms with Crippen LogP contribution in [0.15, 0.2) is 23.3 Å². The van der Waals surface area contributed by atoms with Crippen LogP contribution in [0.25, 0.3) is 0 Å². The highest BCUT2D eigenvalue weighted by Crippen LogP contribution is 2.35. The lowest BCUT2D eigenvalue weighted by Gasteiger charge is -2.14. The van der Waals surface area contributed by atoms with E-state index in [1.165, 1.54) is 12.8 Å². The maximum atomic E-state index is 8.20. The number of hydrazone groups is 1. The average molecular weight is 342 g/mol. The van der Waals surface area contributed by atoms with Crippen LogP contribution in [0.1, 0.15) is 31.7 Å². The Hall–Kier alpha value is -1.26. The number of hydrogen-bond donors (Lipinski definition) is 1. The molecule has 120 valence electrons. The number of benzene rings is 1. The molecule has 1 aromatic carbocycles. The Morgan fingerprint density at radius 2 is 2.18 bits per heavy atom. The van der Waals surface area contributed by atoms with Crippen LogP contribution in [-0.4, -0.2) is 30.2 Å². The second-order valence-corrected chi connectivity index (χ2v) is 6.29. The molecule has 22 heavy (non-hydrogen) atoms. The molecule has 0 bridgehead atoms. The highest BCUT2D eigenvalue weighted by molar-refractivity contribution is 6.32. The van der Waals surface area contributed by atoms with Crippen molar-refractivity contribution in [3.8, 4) is 5.75 Å².